The highest BCUT2D eigenvalue weighted by molar-refractivity contribution is 5.12. The molecule has 2 heterocycles. The second kappa shape index (κ2) is 2.77. The Morgan fingerprint density at radius 1 is 1.62 bits per heavy atom. The summed E-state index contributed by atoms with van der Waals surface area (Å²) in [4.78, 5) is 0. The van der Waals surface area contributed by atoms with Crippen LogP contribution in [0.4, 0.5) is 8.78 Å². The predicted molar refractivity (Wildman–Crippen MR) is 41.4 cm³/mol. The first-order valence-corrected chi connectivity index (χ1v) is 4.15. The molecule has 0 spiro atoms. The molecule has 1 aliphatic heterocycles. The molecule has 0 saturated heterocycles. The van der Waals surface area contributed by atoms with Gasteiger partial charge in [0.15, 0.2) is 0 Å². The monoisotopic (exact) mass is 188 g/mol. The molecule has 0 radical (unpaired) electrons. The van der Waals surface area contributed by atoms with Gasteiger partial charge in [-0.1, -0.05) is 0 Å². The van der Waals surface area contributed by atoms with E-state index >= 15 is 0 Å². The van der Waals surface area contributed by atoms with E-state index < -0.39 is 5.92 Å². The standard InChI is InChI=1S/C8H10F2N2O/c9-8(10)2-1-7-3-6(4-13)11-12(7)5-8/h3,13H,1-2,4-5H2. The zero-order chi connectivity index (χ0) is 9.47. The fourth-order valence-electron chi connectivity index (χ4n) is 1.54. The molecule has 0 aliphatic carbocycles. The summed E-state index contributed by atoms with van der Waals surface area (Å²) in [5.74, 6) is -2.65. The number of rotatable bonds is 1. The first kappa shape index (κ1) is 8.62. The van der Waals surface area contributed by atoms with Gasteiger partial charge in [0.25, 0.3) is 5.92 Å². The summed E-state index contributed by atoms with van der Waals surface area (Å²) in [7, 11) is 0. The van der Waals surface area contributed by atoms with Gasteiger partial charge in [0.1, 0.15) is 6.54 Å². The van der Waals surface area contributed by atoms with Crippen LogP contribution in [0.3, 0.4) is 0 Å². The molecule has 0 amide bonds. The van der Waals surface area contributed by atoms with Crippen LogP contribution in [0.5, 0.6) is 0 Å². The maximum Gasteiger partial charge on any atom is 0.267 e. The number of hydrogen-bond acceptors (Lipinski definition) is 2. The first-order chi connectivity index (χ1) is 6.11. The third-order valence-electron chi connectivity index (χ3n) is 2.20. The third kappa shape index (κ3) is 1.56. The summed E-state index contributed by atoms with van der Waals surface area (Å²) < 4.78 is 27.0. The van der Waals surface area contributed by atoms with Crippen LogP contribution in [0, 0.1) is 0 Å². The van der Waals surface area contributed by atoms with Crippen LogP contribution in [0.15, 0.2) is 6.07 Å². The van der Waals surface area contributed by atoms with E-state index in [1.54, 1.807) is 6.07 Å². The maximum absolute atomic E-state index is 12.9. The zero-order valence-corrected chi connectivity index (χ0v) is 7.00. The molecule has 1 aromatic heterocycles. The van der Waals surface area contributed by atoms with Crippen LogP contribution in [0.25, 0.3) is 0 Å². The number of nitrogens with zero attached hydrogens (tertiary/aromatic N) is 2. The van der Waals surface area contributed by atoms with Crippen molar-refractivity contribution in [2.45, 2.75) is 31.9 Å². The third-order valence-corrected chi connectivity index (χ3v) is 2.20. The van der Waals surface area contributed by atoms with E-state index in [0.29, 0.717) is 12.1 Å². The smallest absolute Gasteiger partial charge is 0.267 e. The van der Waals surface area contributed by atoms with Gasteiger partial charge in [0.05, 0.1) is 12.3 Å². The number of aryl methyl sites for hydroxylation is 1. The highest BCUT2D eigenvalue weighted by Gasteiger charge is 2.34. The van der Waals surface area contributed by atoms with E-state index in [-0.39, 0.29) is 19.6 Å². The lowest BCUT2D eigenvalue weighted by molar-refractivity contribution is -0.0379. The molecular formula is C8H10F2N2O. The lowest BCUT2D eigenvalue weighted by Crippen LogP contribution is -2.30. The van der Waals surface area contributed by atoms with Gasteiger partial charge in [-0.25, -0.2) is 8.78 Å². The van der Waals surface area contributed by atoms with Crippen LogP contribution < -0.4 is 0 Å². The summed E-state index contributed by atoms with van der Waals surface area (Å²) >= 11 is 0. The lowest BCUT2D eigenvalue weighted by Gasteiger charge is -2.22. The van der Waals surface area contributed by atoms with Crippen molar-refractivity contribution in [1.29, 1.82) is 0 Å². The fourth-order valence-corrected chi connectivity index (χ4v) is 1.54. The molecule has 0 unspecified atom stereocenters. The van der Waals surface area contributed by atoms with Crippen molar-refractivity contribution < 1.29 is 13.9 Å². The van der Waals surface area contributed by atoms with E-state index in [0.717, 1.165) is 5.69 Å². The molecular weight excluding hydrogens is 178 g/mol. The first-order valence-electron chi connectivity index (χ1n) is 4.15. The molecule has 0 fully saturated rings. The molecule has 0 atom stereocenters. The molecule has 5 heteroatoms. The minimum Gasteiger partial charge on any atom is -0.390 e. The Kier molecular flexibility index (Phi) is 1.83. The fraction of sp³-hybridized carbons (Fsp3) is 0.625. The van der Waals surface area contributed by atoms with Gasteiger partial charge < -0.3 is 5.11 Å². The predicted octanol–water partition coefficient (Wildman–Crippen LogP) is 0.957. The minimum absolute atomic E-state index is 0.121. The van der Waals surface area contributed by atoms with Crippen molar-refractivity contribution in [2.24, 2.45) is 0 Å². The second-order valence-electron chi connectivity index (χ2n) is 3.30. The second-order valence-corrected chi connectivity index (χ2v) is 3.30. The molecule has 1 aromatic rings. The van der Waals surface area contributed by atoms with Crippen molar-refractivity contribution in [3.8, 4) is 0 Å². The highest BCUT2D eigenvalue weighted by atomic mass is 19.3. The van der Waals surface area contributed by atoms with Gasteiger partial charge in [0, 0.05) is 12.1 Å². The van der Waals surface area contributed by atoms with Crippen molar-refractivity contribution in [3.63, 3.8) is 0 Å². The Hall–Kier alpha value is -0.970. The SMILES string of the molecule is OCc1cc2n(n1)CC(F)(F)CC2. The van der Waals surface area contributed by atoms with E-state index in [2.05, 4.69) is 5.10 Å². The quantitative estimate of drug-likeness (QED) is 0.712. The summed E-state index contributed by atoms with van der Waals surface area (Å²) in [6, 6.07) is 1.68. The summed E-state index contributed by atoms with van der Waals surface area (Å²) in [5.41, 5.74) is 1.25. The molecule has 13 heavy (non-hydrogen) atoms. The lowest BCUT2D eigenvalue weighted by atomic mass is 10.1. The number of halogens is 2. The minimum atomic E-state index is -2.65. The maximum atomic E-state index is 12.9. The number of fused-ring (bicyclic) bond motifs is 1. The molecule has 1 N–H and O–H groups in total. The number of hydrogen-bond donors (Lipinski definition) is 1. The van der Waals surface area contributed by atoms with Crippen molar-refractivity contribution in [3.05, 3.63) is 17.5 Å². The summed E-state index contributed by atoms with van der Waals surface area (Å²) in [5, 5.41) is 12.6. The molecule has 0 aromatic carbocycles. The number of alkyl halides is 2. The van der Waals surface area contributed by atoms with Gasteiger partial charge in [-0.15, -0.1) is 0 Å². The van der Waals surface area contributed by atoms with Gasteiger partial charge in [0.2, 0.25) is 0 Å². The Labute approximate surface area is 74.0 Å². The average molecular weight is 188 g/mol. The van der Waals surface area contributed by atoms with Gasteiger partial charge >= 0.3 is 0 Å². The molecule has 1 aliphatic rings. The number of aliphatic hydroxyl groups excluding tert-OH is 1. The zero-order valence-electron chi connectivity index (χ0n) is 7.00. The van der Waals surface area contributed by atoms with Crippen LogP contribution in [0.1, 0.15) is 17.8 Å². The largest absolute Gasteiger partial charge is 0.390 e. The van der Waals surface area contributed by atoms with Crippen molar-refractivity contribution >= 4 is 0 Å². The average Bonchev–Trinajstić information content (AvgIpc) is 2.44. The normalized spacial score (nSPS) is 19.9. The van der Waals surface area contributed by atoms with Crippen LogP contribution >= 0.6 is 0 Å². The number of aromatic nitrogens is 2. The van der Waals surface area contributed by atoms with E-state index in [1.807, 2.05) is 0 Å². The summed E-state index contributed by atoms with van der Waals surface area (Å²) in [6.07, 6.45) is 0.212. The van der Waals surface area contributed by atoms with Gasteiger partial charge in [-0.05, 0) is 12.5 Å². The highest BCUT2D eigenvalue weighted by Crippen LogP contribution is 2.28. The Morgan fingerprint density at radius 2 is 2.38 bits per heavy atom. The molecule has 0 saturated carbocycles. The summed E-state index contributed by atoms with van der Waals surface area (Å²) in [6.45, 7) is -0.548. The molecule has 0 bridgehead atoms. The van der Waals surface area contributed by atoms with E-state index in [9.17, 15) is 8.78 Å². The topological polar surface area (TPSA) is 38.0 Å². The Bertz CT molecular complexity index is 322. The van der Waals surface area contributed by atoms with Gasteiger partial charge in [-0.3, -0.25) is 4.68 Å². The molecule has 2 rings (SSSR count). The van der Waals surface area contributed by atoms with Crippen molar-refractivity contribution in [2.75, 3.05) is 0 Å². The van der Waals surface area contributed by atoms with Crippen molar-refractivity contribution in [1.82, 2.24) is 9.78 Å². The van der Waals surface area contributed by atoms with Crippen LogP contribution in [-0.4, -0.2) is 20.8 Å². The van der Waals surface area contributed by atoms with E-state index in [1.165, 1.54) is 4.68 Å². The Morgan fingerprint density at radius 3 is 3.08 bits per heavy atom. The molecule has 3 nitrogen and oxygen atoms in total. The number of aliphatic hydroxyl groups is 1. The van der Waals surface area contributed by atoms with E-state index in [4.69, 9.17) is 5.11 Å². The Balaban J connectivity index is 2.30. The molecule has 72 valence electrons. The van der Waals surface area contributed by atoms with Crippen LogP contribution in [0.2, 0.25) is 0 Å². The van der Waals surface area contributed by atoms with Crippen LogP contribution in [-0.2, 0) is 19.6 Å². The van der Waals surface area contributed by atoms with Gasteiger partial charge in [-0.2, -0.15) is 5.10 Å².